The second kappa shape index (κ2) is 6.66. The average Bonchev–Trinajstić information content (AvgIpc) is 3.06. The number of anilines is 2. The van der Waals surface area contributed by atoms with Gasteiger partial charge in [-0.25, -0.2) is 0 Å². The van der Waals surface area contributed by atoms with E-state index in [0.717, 1.165) is 12.1 Å². The largest absolute Gasteiger partial charge is 0.282 e. The highest BCUT2D eigenvalue weighted by molar-refractivity contribution is 14.1. The molecule has 3 aromatic carbocycles. The summed E-state index contributed by atoms with van der Waals surface area (Å²) in [5.41, 5.74) is 4.34. The van der Waals surface area contributed by atoms with Gasteiger partial charge in [-0.1, -0.05) is 37.3 Å². The van der Waals surface area contributed by atoms with Crippen molar-refractivity contribution < 1.29 is 0 Å². The van der Waals surface area contributed by atoms with Crippen LogP contribution in [-0.2, 0) is 6.42 Å². The van der Waals surface area contributed by atoms with Gasteiger partial charge in [0.05, 0.1) is 50.6 Å². The maximum Gasteiger partial charge on any atom is 0.0991 e. The number of hydrogen-bond donors (Lipinski definition) is 0. The molecule has 0 aliphatic carbocycles. The minimum absolute atomic E-state index is 0.682. The van der Waals surface area contributed by atoms with Gasteiger partial charge in [0.25, 0.3) is 0 Å². The highest BCUT2D eigenvalue weighted by Gasteiger charge is 2.15. The van der Waals surface area contributed by atoms with Crippen LogP contribution in [0.3, 0.4) is 0 Å². The quantitative estimate of drug-likeness (QED) is 0.247. The van der Waals surface area contributed by atoms with Gasteiger partial charge < -0.3 is 0 Å². The Kier molecular flexibility index (Phi) is 4.36. The molecule has 0 N–H and O–H groups in total. The fraction of sp³-hybridized carbons (Fsp3) is 0.0952. The molecule has 25 heavy (non-hydrogen) atoms. The van der Waals surface area contributed by atoms with Crippen molar-refractivity contribution in [3.63, 3.8) is 0 Å². The van der Waals surface area contributed by atoms with Crippen LogP contribution in [0.1, 0.15) is 18.1 Å². The molecule has 4 heteroatoms. The Balaban J connectivity index is 1.91. The molecular formula is C21H15IN2S. The SMILES string of the molecule is CCc1cccc2c1sc1c(N(I)c3ccc(C#N)cc3)cccc12. The summed E-state index contributed by atoms with van der Waals surface area (Å²) in [5.74, 6) is 0. The lowest BCUT2D eigenvalue weighted by molar-refractivity contribution is 1.16. The molecule has 0 unspecified atom stereocenters. The number of nitriles is 1. The van der Waals surface area contributed by atoms with Crippen LogP contribution in [0.25, 0.3) is 20.2 Å². The van der Waals surface area contributed by atoms with Gasteiger partial charge >= 0.3 is 0 Å². The molecule has 0 amide bonds. The van der Waals surface area contributed by atoms with Crippen LogP contribution in [0, 0.1) is 11.3 Å². The molecule has 4 aromatic rings. The molecule has 0 aliphatic rings. The molecule has 4 rings (SSSR count). The third-order valence-corrected chi connectivity index (χ3v) is 6.80. The normalized spacial score (nSPS) is 10.9. The minimum atomic E-state index is 0.682. The molecule has 0 aliphatic heterocycles. The van der Waals surface area contributed by atoms with Crippen molar-refractivity contribution in [3.8, 4) is 6.07 Å². The minimum Gasteiger partial charge on any atom is -0.282 e. The first-order valence-corrected chi connectivity index (χ1v) is 9.90. The predicted octanol–water partition coefficient (Wildman–Crippen LogP) is 6.98. The Labute approximate surface area is 164 Å². The summed E-state index contributed by atoms with van der Waals surface area (Å²) in [6.45, 7) is 2.21. The van der Waals surface area contributed by atoms with Crippen molar-refractivity contribution >= 4 is 65.7 Å². The molecule has 0 fully saturated rings. The summed E-state index contributed by atoms with van der Waals surface area (Å²) in [6, 6.07) is 23.0. The zero-order valence-corrected chi connectivity index (χ0v) is 16.6. The van der Waals surface area contributed by atoms with E-state index in [1.165, 1.54) is 31.4 Å². The van der Waals surface area contributed by atoms with Crippen molar-refractivity contribution in [2.75, 3.05) is 3.11 Å². The van der Waals surface area contributed by atoms with Gasteiger partial charge in [-0.05, 0) is 42.3 Å². The summed E-state index contributed by atoms with van der Waals surface area (Å²) >= 11 is 4.22. The molecule has 1 aromatic heterocycles. The first kappa shape index (κ1) is 16.4. The van der Waals surface area contributed by atoms with Crippen molar-refractivity contribution in [2.24, 2.45) is 0 Å². The predicted molar refractivity (Wildman–Crippen MR) is 116 cm³/mol. The molecule has 0 bridgehead atoms. The zero-order chi connectivity index (χ0) is 17.4. The molecule has 1 heterocycles. The lowest BCUT2D eigenvalue weighted by Gasteiger charge is -2.17. The van der Waals surface area contributed by atoms with Crippen LogP contribution in [0.5, 0.6) is 0 Å². The van der Waals surface area contributed by atoms with Crippen molar-refractivity contribution in [1.29, 1.82) is 5.26 Å². The second-order valence-corrected chi connectivity index (χ2v) is 7.83. The topological polar surface area (TPSA) is 27.0 Å². The van der Waals surface area contributed by atoms with Gasteiger partial charge in [-0.15, -0.1) is 11.3 Å². The maximum absolute atomic E-state index is 8.99. The van der Waals surface area contributed by atoms with E-state index >= 15 is 0 Å². The van der Waals surface area contributed by atoms with Crippen LogP contribution in [0.15, 0.2) is 60.7 Å². The average molecular weight is 454 g/mol. The lowest BCUT2D eigenvalue weighted by Crippen LogP contribution is -2.00. The van der Waals surface area contributed by atoms with E-state index in [4.69, 9.17) is 5.26 Å². The van der Waals surface area contributed by atoms with E-state index in [9.17, 15) is 0 Å². The van der Waals surface area contributed by atoms with E-state index in [2.05, 4.69) is 75.4 Å². The Hall–Kier alpha value is -2.10. The van der Waals surface area contributed by atoms with Crippen molar-refractivity contribution in [3.05, 3.63) is 71.8 Å². The standard InChI is InChI=1S/C21H15IN2S/c1-2-15-5-3-6-17-18-7-4-8-19(21(18)25-20(15)17)24(22)16-11-9-14(13-23)10-12-16/h3-12H,2H2,1H3. The summed E-state index contributed by atoms with van der Waals surface area (Å²) in [5, 5.41) is 11.6. The number of aryl methyl sites for hydroxylation is 1. The number of fused-ring (bicyclic) bond motifs is 3. The van der Waals surface area contributed by atoms with E-state index in [1.54, 1.807) is 0 Å². The molecule has 0 spiro atoms. The third kappa shape index (κ3) is 2.78. The summed E-state index contributed by atoms with van der Waals surface area (Å²) < 4.78 is 4.86. The van der Waals surface area contributed by atoms with E-state index in [1.807, 2.05) is 35.6 Å². The number of rotatable bonds is 3. The molecule has 0 atom stereocenters. The van der Waals surface area contributed by atoms with Gasteiger partial charge in [0.15, 0.2) is 0 Å². The Morgan fingerprint density at radius 3 is 2.32 bits per heavy atom. The van der Waals surface area contributed by atoms with Crippen molar-refractivity contribution in [2.45, 2.75) is 13.3 Å². The molecule has 0 saturated heterocycles. The molecule has 122 valence electrons. The summed E-state index contributed by atoms with van der Waals surface area (Å²) in [4.78, 5) is 0. The fourth-order valence-corrected chi connectivity index (χ4v) is 5.38. The summed E-state index contributed by atoms with van der Waals surface area (Å²) in [7, 11) is 0. The van der Waals surface area contributed by atoms with E-state index in [0.29, 0.717) is 5.56 Å². The Morgan fingerprint density at radius 2 is 1.64 bits per heavy atom. The van der Waals surface area contributed by atoms with Crippen LogP contribution < -0.4 is 3.11 Å². The van der Waals surface area contributed by atoms with Gasteiger partial charge in [-0.2, -0.15) is 5.26 Å². The zero-order valence-electron chi connectivity index (χ0n) is 13.7. The first-order valence-electron chi connectivity index (χ1n) is 8.12. The highest BCUT2D eigenvalue weighted by atomic mass is 127. The monoisotopic (exact) mass is 454 g/mol. The number of halogens is 1. The van der Waals surface area contributed by atoms with Crippen molar-refractivity contribution in [1.82, 2.24) is 0 Å². The van der Waals surface area contributed by atoms with Gasteiger partial charge in [0.2, 0.25) is 0 Å². The molecule has 2 nitrogen and oxygen atoms in total. The fourth-order valence-electron chi connectivity index (χ4n) is 3.10. The van der Waals surface area contributed by atoms with Gasteiger partial charge in [0.1, 0.15) is 0 Å². The number of thiophene rings is 1. The third-order valence-electron chi connectivity index (χ3n) is 4.40. The van der Waals surface area contributed by atoms with E-state index < -0.39 is 0 Å². The Bertz CT molecular complexity index is 1110. The lowest BCUT2D eigenvalue weighted by atomic mass is 10.1. The van der Waals surface area contributed by atoms with Crippen LogP contribution >= 0.6 is 34.2 Å². The maximum atomic E-state index is 8.99. The Morgan fingerprint density at radius 1 is 0.960 bits per heavy atom. The molecule has 0 saturated carbocycles. The smallest absolute Gasteiger partial charge is 0.0991 e. The first-order chi connectivity index (χ1) is 12.2. The molecular weight excluding hydrogens is 439 g/mol. The van der Waals surface area contributed by atoms with Crippen LogP contribution in [0.4, 0.5) is 11.4 Å². The van der Waals surface area contributed by atoms with Crippen LogP contribution in [0.2, 0.25) is 0 Å². The second-order valence-electron chi connectivity index (χ2n) is 5.84. The van der Waals surface area contributed by atoms with Crippen LogP contribution in [-0.4, -0.2) is 0 Å². The number of hydrogen-bond acceptors (Lipinski definition) is 3. The number of benzene rings is 3. The number of nitrogens with zero attached hydrogens (tertiary/aromatic N) is 2. The summed E-state index contributed by atoms with van der Waals surface area (Å²) in [6.07, 6.45) is 1.04. The van der Waals surface area contributed by atoms with E-state index in [-0.39, 0.29) is 0 Å². The van der Waals surface area contributed by atoms with Gasteiger partial charge in [0, 0.05) is 15.5 Å². The highest BCUT2D eigenvalue weighted by Crippen LogP contribution is 2.43. The van der Waals surface area contributed by atoms with Gasteiger partial charge in [-0.3, -0.25) is 3.11 Å². The molecule has 0 radical (unpaired) electrons.